The Morgan fingerprint density at radius 2 is 1.81 bits per heavy atom. The highest BCUT2D eigenvalue weighted by Crippen LogP contribution is 2.32. The number of hydrogen-bond donors (Lipinski definition) is 0. The normalized spacial score (nSPS) is 15.2. The molecule has 0 atom stereocenters. The molecule has 1 aliphatic rings. The predicted molar refractivity (Wildman–Crippen MR) is 66.7 cm³/mol. The Bertz CT molecular complexity index is 376. The van der Waals surface area contributed by atoms with E-state index in [4.69, 9.17) is 0 Å². The zero-order valence-electron chi connectivity index (χ0n) is 10.2. The van der Waals surface area contributed by atoms with Crippen LogP contribution in [0.2, 0.25) is 0 Å². The zero-order chi connectivity index (χ0) is 11.7. The van der Waals surface area contributed by atoms with Gasteiger partial charge in [0, 0.05) is 18.7 Å². The first-order chi connectivity index (χ1) is 7.59. The lowest BCUT2D eigenvalue weighted by Crippen LogP contribution is -2.27. The van der Waals surface area contributed by atoms with Gasteiger partial charge in [-0.3, -0.25) is 4.79 Å². The average molecular weight is 217 g/mol. The third-order valence-electron chi connectivity index (χ3n) is 3.20. The molecule has 1 saturated carbocycles. The number of carbonyl (C=O) groups is 1. The van der Waals surface area contributed by atoms with Gasteiger partial charge in [0.15, 0.2) is 0 Å². The van der Waals surface area contributed by atoms with Crippen molar-refractivity contribution in [2.45, 2.75) is 32.6 Å². The Kier molecular flexibility index (Phi) is 2.99. The molecule has 0 saturated heterocycles. The number of benzene rings is 1. The monoisotopic (exact) mass is 217 g/mol. The molecule has 0 unspecified atom stereocenters. The highest BCUT2D eigenvalue weighted by atomic mass is 16.2. The summed E-state index contributed by atoms with van der Waals surface area (Å²) in [5.41, 5.74) is 2.32. The highest BCUT2D eigenvalue weighted by molar-refractivity contribution is 5.95. The van der Waals surface area contributed by atoms with E-state index in [1.807, 2.05) is 19.2 Å². The fourth-order valence-corrected chi connectivity index (χ4v) is 1.81. The summed E-state index contributed by atoms with van der Waals surface area (Å²) in [6.45, 7) is 4.35. The van der Waals surface area contributed by atoms with Crippen LogP contribution in [-0.4, -0.2) is 13.0 Å². The summed E-state index contributed by atoms with van der Waals surface area (Å²) in [7, 11) is 1.87. The zero-order valence-corrected chi connectivity index (χ0v) is 10.2. The van der Waals surface area contributed by atoms with E-state index in [1.54, 1.807) is 4.90 Å². The topological polar surface area (TPSA) is 20.3 Å². The Balaban J connectivity index is 2.11. The molecule has 2 nitrogen and oxygen atoms in total. The molecule has 1 aliphatic carbocycles. The molecule has 16 heavy (non-hydrogen) atoms. The van der Waals surface area contributed by atoms with Crippen molar-refractivity contribution in [1.29, 1.82) is 0 Å². The van der Waals surface area contributed by atoms with Crippen molar-refractivity contribution in [1.82, 2.24) is 0 Å². The van der Waals surface area contributed by atoms with Gasteiger partial charge < -0.3 is 4.90 Å². The minimum Gasteiger partial charge on any atom is -0.315 e. The molecule has 1 aromatic rings. The van der Waals surface area contributed by atoms with Crippen molar-refractivity contribution in [3.05, 3.63) is 29.8 Å². The van der Waals surface area contributed by atoms with Crippen LogP contribution in [0.5, 0.6) is 0 Å². The SMILES string of the molecule is CC(C)c1ccc(N(C)C(=O)C2CC2)cc1. The molecule has 0 heterocycles. The van der Waals surface area contributed by atoms with E-state index >= 15 is 0 Å². The Labute approximate surface area is 97.3 Å². The van der Waals surface area contributed by atoms with Gasteiger partial charge in [0.1, 0.15) is 0 Å². The average Bonchev–Trinajstić information content (AvgIpc) is 3.11. The van der Waals surface area contributed by atoms with Crippen LogP contribution in [0.1, 0.15) is 38.2 Å². The van der Waals surface area contributed by atoms with Crippen LogP contribution in [0.25, 0.3) is 0 Å². The van der Waals surface area contributed by atoms with Crippen LogP contribution in [-0.2, 0) is 4.79 Å². The highest BCUT2D eigenvalue weighted by Gasteiger charge is 2.32. The summed E-state index contributed by atoms with van der Waals surface area (Å²) in [5.74, 6) is 1.09. The van der Waals surface area contributed by atoms with Crippen LogP contribution in [0.15, 0.2) is 24.3 Å². The fraction of sp³-hybridized carbons (Fsp3) is 0.500. The van der Waals surface area contributed by atoms with Gasteiger partial charge in [0.05, 0.1) is 0 Å². The lowest BCUT2D eigenvalue weighted by atomic mass is 10.0. The first-order valence-corrected chi connectivity index (χ1v) is 5.97. The molecule has 1 aromatic carbocycles. The third kappa shape index (κ3) is 2.26. The maximum absolute atomic E-state index is 11.9. The van der Waals surface area contributed by atoms with E-state index in [-0.39, 0.29) is 11.8 Å². The summed E-state index contributed by atoms with van der Waals surface area (Å²) in [4.78, 5) is 13.6. The van der Waals surface area contributed by atoms with E-state index in [0.717, 1.165) is 18.5 Å². The van der Waals surface area contributed by atoms with E-state index in [9.17, 15) is 4.79 Å². The van der Waals surface area contributed by atoms with Gasteiger partial charge >= 0.3 is 0 Å². The smallest absolute Gasteiger partial charge is 0.229 e. The van der Waals surface area contributed by atoms with Gasteiger partial charge in [0.2, 0.25) is 5.91 Å². The van der Waals surface area contributed by atoms with Gasteiger partial charge in [-0.2, -0.15) is 0 Å². The number of nitrogens with zero attached hydrogens (tertiary/aromatic N) is 1. The number of amides is 1. The number of carbonyl (C=O) groups excluding carboxylic acids is 1. The Morgan fingerprint density at radius 1 is 1.25 bits per heavy atom. The van der Waals surface area contributed by atoms with Crippen LogP contribution < -0.4 is 4.90 Å². The van der Waals surface area contributed by atoms with Gasteiger partial charge in [-0.05, 0) is 36.5 Å². The predicted octanol–water partition coefficient (Wildman–Crippen LogP) is 3.18. The second kappa shape index (κ2) is 4.28. The van der Waals surface area contributed by atoms with Crippen molar-refractivity contribution in [3.63, 3.8) is 0 Å². The largest absolute Gasteiger partial charge is 0.315 e. The molecule has 2 heteroatoms. The Hall–Kier alpha value is -1.31. The number of anilines is 1. The maximum atomic E-state index is 11.9. The van der Waals surface area contributed by atoms with Crippen molar-refractivity contribution >= 4 is 11.6 Å². The molecule has 0 radical (unpaired) electrons. The molecule has 1 amide bonds. The van der Waals surface area contributed by atoms with E-state index < -0.39 is 0 Å². The first-order valence-electron chi connectivity index (χ1n) is 5.97. The lowest BCUT2D eigenvalue weighted by molar-refractivity contribution is -0.119. The molecule has 0 aromatic heterocycles. The van der Waals surface area contributed by atoms with Gasteiger partial charge in [-0.15, -0.1) is 0 Å². The summed E-state index contributed by atoms with van der Waals surface area (Å²) < 4.78 is 0. The molecule has 1 fully saturated rings. The minimum atomic E-state index is 0.261. The number of hydrogen-bond acceptors (Lipinski definition) is 1. The summed E-state index contributed by atoms with van der Waals surface area (Å²) in [5, 5.41) is 0. The molecular weight excluding hydrogens is 198 g/mol. The molecular formula is C14H19NO. The molecule has 0 spiro atoms. The van der Waals surface area contributed by atoms with E-state index in [2.05, 4.69) is 26.0 Å². The van der Waals surface area contributed by atoms with Crippen molar-refractivity contribution in [2.24, 2.45) is 5.92 Å². The summed E-state index contributed by atoms with van der Waals surface area (Å²) in [6, 6.07) is 8.29. The van der Waals surface area contributed by atoms with Crippen LogP contribution >= 0.6 is 0 Å². The van der Waals surface area contributed by atoms with Crippen LogP contribution in [0, 0.1) is 5.92 Å². The van der Waals surface area contributed by atoms with Gasteiger partial charge in [-0.25, -0.2) is 0 Å². The fourth-order valence-electron chi connectivity index (χ4n) is 1.81. The van der Waals surface area contributed by atoms with E-state index in [1.165, 1.54) is 5.56 Å². The molecule has 0 N–H and O–H groups in total. The maximum Gasteiger partial charge on any atom is 0.229 e. The minimum absolute atomic E-state index is 0.261. The molecule has 2 rings (SSSR count). The summed E-state index contributed by atoms with van der Waals surface area (Å²) in [6.07, 6.45) is 2.13. The lowest BCUT2D eigenvalue weighted by Gasteiger charge is -2.17. The van der Waals surface area contributed by atoms with Crippen molar-refractivity contribution in [2.75, 3.05) is 11.9 Å². The quantitative estimate of drug-likeness (QED) is 0.761. The second-order valence-electron chi connectivity index (χ2n) is 4.92. The van der Waals surface area contributed by atoms with Gasteiger partial charge in [0.25, 0.3) is 0 Å². The first kappa shape index (κ1) is 11.2. The summed E-state index contributed by atoms with van der Waals surface area (Å²) >= 11 is 0. The third-order valence-corrected chi connectivity index (χ3v) is 3.20. The Morgan fingerprint density at radius 3 is 2.25 bits per heavy atom. The van der Waals surface area contributed by atoms with E-state index in [0.29, 0.717) is 5.92 Å². The van der Waals surface area contributed by atoms with Crippen LogP contribution in [0.3, 0.4) is 0 Å². The van der Waals surface area contributed by atoms with Gasteiger partial charge in [-0.1, -0.05) is 26.0 Å². The standard InChI is InChI=1S/C14H19NO/c1-10(2)11-6-8-13(9-7-11)15(3)14(16)12-4-5-12/h6-10,12H,4-5H2,1-3H3. The van der Waals surface area contributed by atoms with Crippen LogP contribution in [0.4, 0.5) is 5.69 Å². The van der Waals surface area contributed by atoms with Crippen molar-refractivity contribution in [3.8, 4) is 0 Å². The molecule has 0 aliphatic heterocycles. The molecule has 86 valence electrons. The second-order valence-corrected chi connectivity index (χ2v) is 4.92. The number of rotatable bonds is 3. The molecule has 0 bridgehead atoms. The van der Waals surface area contributed by atoms with Crippen molar-refractivity contribution < 1.29 is 4.79 Å².